The van der Waals surface area contributed by atoms with E-state index in [0.717, 1.165) is 19.6 Å². The van der Waals surface area contributed by atoms with Gasteiger partial charge >= 0.3 is 0 Å². The molecule has 112 valence electrons. The summed E-state index contributed by atoms with van der Waals surface area (Å²) in [6, 6.07) is 7.35. The first-order valence-electron chi connectivity index (χ1n) is 7.52. The number of likely N-dealkylation sites (tertiary alicyclic amines) is 1. The summed E-state index contributed by atoms with van der Waals surface area (Å²) in [5.41, 5.74) is 2.63. The van der Waals surface area contributed by atoms with Crippen LogP contribution in [0.3, 0.4) is 0 Å². The van der Waals surface area contributed by atoms with Gasteiger partial charge in [-0.2, -0.15) is 0 Å². The number of likely N-dealkylation sites (N-methyl/N-ethyl adjacent to an activating group) is 2. The number of anilines is 1. The highest BCUT2D eigenvalue weighted by Gasteiger charge is 2.21. The van der Waals surface area contributed by atoms with Gasteiger partial charge in [-0.15, -0.1) is 0 Å². The standard InChI is InChI=1S/C16H26BrN3/c1-4-18-11-13-7-8-14(10-16(13)17)20(3)15-6-5-9-19(2)12-15/h7-8,10,15,18H,4-6,9,11-12H2,1-3H3. The van der Waals surface area contributed by atoms with Crippen molar-refractivity contribution in [2.45, 2.75) is 32.4 Å². The van der Waals surface area contributed by atoms with Crippen LogP contribution in [0.4, 0.5) is 5.69 Å². The third kappa shape index (κ3) is 3.96. The molecule has 3 nitrogen and oxygen atoms in total. The number of benzene rings is 1. The van der Waals surface area contributed by atoms with Crippen LogP contribution in [0, 0.1) is 0 Å². The second kappa shape index (κ2) is 7.43. The fraction of sp³-hybridized carbons (Fsp3) is 0.625. The molecule has 0 amide bonds. The minimum Gasteiger partial charge on any atom is -0.370 e. The van der Waals surface area contributed by atoms with E-state index in [1.807, 2.05) is 0 Å². The highest BCUT2D eigenvalue weighted by atomic mass is 79.9. The molecule has 0 radical (unpaired) electrons. The summed E-state index contributed by atoms with van der Waals surface area (Å²) in [4.78, 5) is 4.86. The van der Waals surface area contributed by atoms with E-state index in [1.165, 1.54) is 35.1 Å². The number of rotatable bonds is 5. The number of nitrogens with zero attached hydrogens (tertiary/aromatic N) is 2. The van der Waals surface area contributed by atoms with Crippen LogP contribution in [0.5, 0.6) is 0 Å². The number of hydrogen-bond donors (Lipinski definition) is 1. The minimum atomic E-state index is 0.625. The lowest BCUT2D eigenvalue weighted by Crippen LogP contribution is -2.45. The van der Waals surface area contributed by atoms with Crippen LogP contribution in [0.25, 0.3) is 0 Å². The van der Waals surface area contributed by atoms with E-state index in [1.54, 1.807) is 0 Å². The average molecular weight is 340 g/mol. The van der Waals surface area contributed by atoms with Gasteiger partial charge in [0.2, 0.25) is 0 Å². The SMILES string of the molecule is CCNCc1ccc(N(C)C2CCCN(C)C2)cc1Br. The van der Waals surface area contributed by atoms with Crippen molar-refractivity contribution in [1.82, 2.24) is 10.2 Å². The molecule has 1 aliphatic heterocycles. The normalized spacial score (nSPS) is 20.1. The predicted octanol–water partition coefficient (Wildman–Crippen LogP) is 3.09. The molecule has 0 saturated carbocycles. The molecule has 0 bridgehead atoms. The van der Waals surface area contributed by atoms with E-state index in [2.05, 4.69) is 70.3 Å². The lowest BCUT2D eigenvalue weighted by Gasteiger charge is -2.37. The van der Waals surface area contributed by atoms with Crippen LogP contribution in [-0.4, -0.2) is 44.7 Å². The molecule has 20 heavy (non-hydrogen) atoms. The van der Waals surface area contributed by atoms with Crippen molar-refractivity contribution in [2.75, 3.05) is 38.6 Å². The second-order valence-electron chi connectivity index (χ2n) is 5.73. The molecule has 4 heteroatoms. The number of nitrogens with one attached hydrogen (secondary N) is 1. The van der Waals surface area contributed by atoms with E-state index in [0.29, 0.717) is 6.04 Å². The zero-order valence-corrected chi connectivity index (χ0v) is 14.4. The van der Waals surface area contributed by atoms with Crippen LogP contribution in [0.1, 0.15) is 25.3 Å². The summed E-state index contributed by atoms with van der Waals surface area (Å²) < 4.78 is 1.20. The molecule has 1 aromatic carbocycles. The van der Waals surface area contributed by atoms with Gasteiger partial charge in [-0.05, 0) is 50.7 Å². The van der Waals surface area contributed by atoms with Crippen LogP contribution in [0.2, 0.25) is 0 Å². The summed E-state index contributed by atoms with van der Waals surface area (Å²) in [6.07, 6.45) is 2.59. The molecule has 1 aliphatic rings. The van der Waals surface area contributed by atoms with Gasteiger partial charge in [-0.25, -0.2) is 0 Å². The maximum atomic E-state index is 3.70. The van der Waals surface area contributed by atoms with E-state index in [-0.39, 0.29) is 0 Å². The molecule has 0 aromatic heterocycles. The Hall–Kier alpha value is -0.580. The molecule has 1 fully saturated rings. The van der Waals surface area contributed by atoms with Gasteiger partial charge in [0.05, 0.1) is 0 Å². The maximum Gasteiger partial charge on any atom is 0.0414 e. The highest BCUT2D eigenvalue weighted by molar-refractivity contribution is 9.10. The van der Waals surface area contributed by atoms with Gasteiger partial charge < -0.3 is 15.1 Å². The Morgan fingerprint density at radius 3 is 2.90 bits per heavy atom. The molecule has 1 aromatic rings. The number of halogens is 1. The first-order chi connectivity index (χ1) is 9.61. The van der Waals surface area contributed by atoms with E-state index >= 15 is 0 Å². The molecule has 2 rings (SSSR count). The van der Waals surface area contributed by atoms with Crippen LogP contribution in [0.15, 0.2) is 22.7 Å². The van der Waals surface area contributed by atoms with Crippen molar-refractivity contribution in [3.63, 3.8) is 0 Å². The lowest BCUT2D eigenvalue weighted by molar-refractivity contribution is 0.248. The summed E-state index contributed by atoms with van der Waals surface area (Å²) in [5, 5.41) is 3.37. The van der Waals surface area contributed by atoms with Crippen molar-refractivity contribution >= 4 is 21.6 Å². The number of piperidine rings is 1. The maximum absolute atomic E-state index is 3.70. The van der Waals surface area contributed by atoms with Crippen LogP contribution < -0.4 is 10.2 Å². The fourth-order valence-corrected chi connectivity index (χ4v) is 3.33. The van der Waals surface area contributed by atoms with Gasteiger partial charge in [0.15, 0.2) is 0 Å². The van der Waals surface area contributed by atoms with Gasteiger partial charge in [0.25, 0.3) is 0 Å². The van der Waals surface area contributed by atoms with E-state index in [9.17, 15) is 0 Å². The zero-order chi connectivity index (χ0) is 14.5. The highest BCUT2D eigenvalue weighted by Crippen LogP contribution is 2.26. The monoisotopic (exact) mass is 339 g/mol. The Morgan fingerprint density at radius 1 is 1.45 bits per heavy atom. The first kappa shape index (κ1) is 15.8. The molecule has 1 N–H and O–H groups in total. The van der Waals surface area contributed by atoms with Crippen molar-refractivity contribution in [1.29, 1.82) is 0 Å². The summed E-state index contributed by atoms with van der Waals surface area (Å²) in [7, 11) is 4.44. The Labute approximate surface area is 131 Å². The van der Waals surface area contributed by atoms with Crippen molar-refractivity contribution in [3.05, 3.63) is 28.2 Å². The third-order valence-corrected chi connectivity index (χ3v) is 4.89. The molecular weight excluding hydrogens is 314 g/mol. The lowest BCUT2D eigenvalue weighted by atomic mass is 10.0. The Kier molecular flexibility index (Phi) is 5.87. The van der Waals surface area contributed by atoms with E-state index < -0.39 is 0 Å². The quantitative estimate of drug-likeness (QED) is 0.889. The third-order valence-electron chi connectivity index (χ3n) is 4.16. The van der Waals surface area contributed by atoms with Crippen molar-refractivity contribution < 1.29 is 0 Å². The fourth-order valence-electron chi connectivity index (χ4n) is 2.82. The molecule has 0 spiro atoms. The Morgan fingerprint density at radius 2 is 2.25 bits per heavy atom. The van der Waals surface area contributed by atoms with Gasteiger partial charge in [-0.3, -0.25) is 0 Å². The van der Waals surface area contributed by atoms with Gasteiger partial charge in [0, 0.05) is 36.3 Å². The second-order valence-corrected chi connectivity index (χ2v) is 6.58. The van der Waals surface area contributed by atoms with E-state index in [4.69, 9.17) is 0 Å². The zero-order valence-electron chi connectivity index (χ0n) is 12.8. The van der Waals surface area contributed by atoms with Crippen molar-refractivity contribution in [3.8, 4) is 0 Å². The first-order valence-corrected chi connectivity index (χ1v) is 8.31. The molecule has 1 unspecified atom stereocenters. The van der Waals surface area contributed by atoms with Crippen LogP contribution in [-0.2, 0) is 6.54 Å². The molecule has 1 saturated heterocycles. The largest absolute Gasteiger partial charge is 0.370 e. The molecule has 0 aliphatic carbocycles. The predicted molar refractivity (Wildman–Crippen MR) is 90.4 cm³/mol. The minimum absolute atomic E-state index is 0.625. The summed E-state index contributed by atoms with van der Waals surface area (Å²) in [6.45, 7) is 6.45. The number of hydrogen-bond acceptors (Lipinski definition) is 3. The van der Waals surface area contributed by atoms with Crippen molar-refractivity contribution in [2.24, 2.45) is 0 Å². The average Bonchev–Trinajstić information content (AvgIpc) is 2.45. The van der Waals surface area contributed by atoms with Crippen LogP contribution >= 0.6 is 15.9 Å². The smallest absolute Gasteiger partial charge is 0.0414 e. The Bertz CT molecular complexity index is 436. The molecule has 1 heterocycles. The molecular formula is C16H26BrN3. The molecule has 1 atom stereocenters. The summed E-state index contributed by atoms with van der Waals surface area (Å²) in [5.74, 6) is 0. The Balaban J connectivity index is 2.06. The summed E-state index contributed by atoms with van der Waals surface area (Å²) >= 11 is 3.70. The van der Waals surface area contributed by atoms with Gasteiger partial charge in [-0.1, -0.05) is 28.9 Å². The van der Waals surface area contributed by atoms with Gasteiger partial charge in [0.1, 0.15) is 0 Å². The topological polar surface area (TPSA) is 18.5 Å².